The van der Waals surface area contributed by atoms with Crippen LogP contribution in [0.4, 0.5) is 0 Å². The molecule has 0 aromatic carbocycles. The Morgan fingerprint density at radius 3 is 2.77 bits per heavy atom. The molecule has 0 radical (unpaired) electrons. The zero-order valence-electron chi connectivity index (χ0n) is 15.0. The smallest absolute Gasteiger partial charge is 0.255 e. The Balaban J connectivity index is 1.83. The van der Waals surface area contributed by atoms with Gasteiger partial charge in [0.2, 0.25) is 0 Å². The van der Waals surface area contributed by atoms with Gasteiger partial charge < -0.3 is 10.3 Å². The number of hydrogen-bond donors (Lipinski definition) is 2. The topological polar surface area (TPSA) is 92.7 Å². The molecule has 0 aliphatic carbocycles. The summed E-state index contributed by atoms with van der Waals surface area (Å²) in [5, 5.41) is 7.13. The second kappa shape index (κ2) is 7.35. The number of hydrogen-bond acceptors (Lipinski definition) is 4. The van der Waals surface area contributed by atoms with Crippen molar-refractivity contribution in [1.82, 2.24) is 25.1 Å². The Bertz CT molecular complexity index is 989. The van der Waals surface area contributed by atoms with Gasteiger partial charge in [0.1, 0.15) is 0 Å². The highest BCUT2D eigenvalue weighted by atomic mass is 16.2. The zero-order chi connectivity index (χ0) is 18.7. The van der Waals surface area contributed by atoms with E-state index in [1.807, 2.05) is 45.0 Å². The summed E-state index contributed by atoms with van der Waals surface area (Å²) in [5.41, 5.74) is 3.29. The highest BCUT2D eigenvalue weighted by Crippen LogP contribution is 2.14. The normalized spacial score (nSPS) is 10.7. The number of pyridine rings is 2. The van der Waals surface area contributed by atoms with Crippen LogP contribution in [0.1, 0.15) is 39.8 Å². The summed E-state index contributed by atoms with van der Waals surface area (Å²) in [5.74, 6) is 0.401. The molecule has 134 valence electrons. The largest absolute Gasteiger partial charge is 0.348 e. The second-order valence-electron chi connectivity index (χ2n) is 6.08. The van der Waals surface area contributed by atoms with Crippen molar-refractivity contribution in [3.63, 3.8) is 0 Å². The number of aryl methyl sites for hydroxylation is 2. The molecule has 0 spiro atoms. The summed E-state index contributed by atoms with van der Waals surface area (Å²) in [7, 11) is 0. The van der Waals surface area contributed by atoms with Crippen molar-refractivity contribution in [3.8, 4) is 5.82 Å². The van der Waals surface area contributed by atoms with Crippen molar-refractivity contribution in [2.24, 2.45) is 0 Å². The van der Waals surface area contributed by atoms with Crippen molar-refractivity contribution in [2.75, 3.05) is 0 Å². The molecule has 3 aromatic rings. The number of amides is 1. The molecule has 0 bridgehead atoms. The first kappa shape index (κ1) is 17.6. The summed E-state index contributed by atoms with van der Waals surface area (Å²) in [4.78, 5) is 31.8. The molecule has 7 heteroatoms. The Hall–Kier alpha value is -3.22. The van der Waals surface area contributed by atoms with Gasteiger partial charge in [0, 0.05) is 24.0 Å². The molecule has 0 saturated carbocycles. The lowest BCUT2D eigenvalue weighted by molar-refractivity contribution is 0.0950. The number of H-pyrrole nitrogens is 1. The monoisotopic (exact) mass is 351 g/mol. The predicted octanol–water partition coefficient (Wildman–Crippen LogP) is 2.06. The molecule has 3 aromatic heterocycles. The third-order valence-electron chi connectivity index (χ3n) is 4.23. The van der Waals surface area contributed by atoms with Gasteiger partial charge >= 0.3 is 0 Å². The number of carbonyl (C=O) groups excluding carboxylic acids is 1. The third-order valence-corrected chi connectivity index (χ3v) is 4.23. The van der Waals surface area contributed by atoms with E-state index in [-0.39, 0.29) is 18.0 Å². The van der Waals surface area contributed by atoms with Crippen molar-refractivity contribution in [2.45, 2.75) is 33.7 Å². The van der Waals surface area contributed by atoms with E-state index >= 15 is 0 Å². The number of carbonyl (C=O) groups is 1. The molecule has 0 unspecified atom stereocenters. The summed E-state index contributed by atoms with van der Waals surface area (Å²) in [6.07, 6.45) is 3.85. The van der Waals surface area contributed by atoms with Gasteiger partial charge in [-0.2, -0.15) is 5.10 Å². The Kier molecular flexibility index (Phi) is 4.97. The van der Waals surface area contributed by atoms with E-state index in [9.17, 15) is 9.59 Å². The number of nitrogens with zero attached hydrogens (tertiary/aromatic N) is 3. The average molecular weight is 351 g/mol. The van der Waals surface area contributed by atoms with Gasteiger partial charge in [0.15, 0.2) is 5.82 Å². The molecule has 0 fully saturated rings. The standard InChI is InChI=1S/C19H21N5O2/c1-4-16-15(11-22-24(16)17-7-5-6-8-20-17)18(25)21-10-14-12(2)9-13(3)23-19(14)26/h5-9,11H,4,10H2,1-3H3,(H,21,25)(H,23,26). The van der Waals surface area contributed by atoms with Crippen molar-refractivity contribution in [3.05, 3.63) is 75.1 Å². The lowest BCUT2D eigenvalue weighted by Crippen LogP contribution is -2.28. The van der Waals surface area contributed by atoms with Gasteiger partial charge in [-0.05, 0) is 44.0 Å². The maximum absolute atomic E-state index is 12.6. The molecule has 7 nitrogen and oxygen atoms in total. The minimum atomic E-state index is -0.261. The van der Waals surface area contributed by atoms with Crippen LogP contribution < -0.4 is 10.9 Å². The van der Waals surface area contributed by atoms with Crippen LogP contribution in [0.25, 0.3) is 5.82 Å². The van der Waals surface area contributed by atoms with Gasteiger partial charge in [0.05, 0.1) is 17.5 Å². The SMILES string of the molecule is CCc1c(C(=O)NCc2c(C)cc(C)[nH]c2=O)cnn1-c1ccccn1. The van der Waals surface area contributed by atoms with Gasteiger partial charge in [-0.15, -0.1) is 0 Å². The van der Waals surface area contributed by atoms with Crippen LogP contribution in [0.5, 0.6) is 0 Å². The van der Waals surface area contributed by atoms with E-state index in [4.69, 9.17) is 0 Å². The van der Waals surface area contributed by atoms with Crippen molar-refractivity contribution >= 4 is 5.91 Å². The van der Waals surface area contributed by atoms with Crippen LogP contribution in [0, 0.1) is 13.8 Å². The first-order chi connectivity index (χ1) is 12.5. The second-order valence-corrected chi connectivity index (χ2v) is 6.08. The molecule has 26 heavy (non-hydrogen) atoms. The van der Waals surface area contributed by atoms with Crippen LogP contribution in [0.15, 0.2) is 41.5 Å². The van der Waals surface area contributed by atoms with E-state index in [1.54, 1.807) is 10.9 Å². The van der Waals surface area contributed by atoms with E-state index in [0.717, 1.165) is 17.0 Å². The number of aromatic nitrogens is 4. The fourth-order valence-corrected chi connectivity index (χ4v) is 2.95. The lowest BCUT2D eigenvalue weighted by Gasteiger charge is -2.09. The Morgan fingerprint density at radius 1 is 1.31 bits per heavy atom. The molecule has 3 rings (SSSR count). The maximum Gasteiger partial charge on any atom is 0.255 e. The minimum absolute atomic E-state index is 0.165. The summed E-state index contributed by atoms with van der Waals surface area (Å²) in [6.45, 7) is 5.82. The average Bonchev–Trinajstić information content (AvgIpc) is 3.05. The zero-order valence-corrected chi connectivity index (χ0v) is 15.0. The number of nitrogens with one attached hydrogen (secondary N) is 2. The fourth-order valence-electron chi connectivity index (χ4n) is 2.95. The molecular weight excluding hydrogens is 330 g/mol. The Morgan fingerprint density at radius 2 is 2.12 bits per heavy atom. The predicted molar refractivity (Wildman–Crippen MR) is 98.4 cm³/mol. The molecule has 0 aliphatic rings. The van der Waals surface area contributed by atoms with Gasteiger partial charge in [0.25, 0.3) is 11.5 Å². The first-order valence-corrected chi connectivity index (χ1v) is 8.47. The van der Waals surface area contributed by atoms with Crippen LogP contribution in [-0.2, 0) is 13.0 Å². The number of rotatable bonds is 5. The Labute approximate surface area is 151 Å². The van der Waals surface area contributed by atoms with E-state index < -0.39 is 0 Å². The third kappa shape index (κ3) is 3.42. The first-order valence-electron chi connectivity index (χ1n) is 8.47. The van der Waals surface area contributed by atoms with Crippen LogP contribution >= 0.6 is 0 Å². The van der Waals surface area contributed by atoms with E-state index in [0.29, 0.717) is 23.4 Å². The highest BCUT2D eigenvalue weighted by molar-refractivity contribution is 5.95. The quantitative estimate of drug-likeness (QED) is 0.736. The summed E-state index contributed by atoms with van der Waals surface area (Å²) < 4.78 is 1.67. The van der Waals surface area contributed by atoms with Gasteiger partial charge in [-0.25, -0.2) is 9.67 Å². The summed E-state index contributed by atoms with van der Waals surface area (Å²) in [6, 6.07) is 7.42. The molecule has 0 aliphatic heterocycles. The van der Waals surface area contributed by atoms with Gasteiger partial charge in [-0.1, -0.05) is 13.0 Å². The summed E-state index contributed by atoms with van der Waals surface area (Å²) >= 11 is 0. The fraction of sp³-hybridized carbons (Fsp3) is 0.263. The minimum Gasteiger partial charge on any atom is -0.348 e. The maximum atomic E-state index is 12.6. The number of aromatic amines is 1. The molecule has 0 saturated heterocycles. The molecule has 2 N–H and O–H groups in total. The van der Waals surface area contributed by atoms with Crippen LogP contribution in [-0.4, -0.2) is 25.7 Å². The van der Waals surface area contributed by atoms with E-state index in [2.05, 4.69) is 20.4 Å². The van der Waals surface area contributed by atoms with Gasteiger partial charge in [-0.3, -0.25) is 9.59 Å². The highest BCUT2D eigenvalue weighted by Gasteiger charge is 2.18. The van der Waals surface area contributed by atoms with Crippen LogP contribution in [0.2, 0.25) is 0 Å². The molecule has 0 atom stereocenters. The molecule has 3 heterocycles. The molecular formula is C19H21N5O2. The van der Waals surface area contributed by atoms with Crippen molar-refractivity contribution in [1.29, 1.82) is 0 Å². The van der Waals surface area contributed by atoms with Crippen molar-refractivity contribution < 1.29 is 4.79 Å². The van der Waals surface area contributed by atoms with Crippen LogP contribution in [0.3, 0.4) is 0 Å². The van der Waals surface area contributed by atoms with E-state index in [1.165, 1.54) is 6.20 Å². The molecule has 1 amide bonds. The lowest BCUT2D eigenvalue weighted by atomic mass is 10.1.